The average Bonchev–Trinajstić information content (AvgIpc) is 3.16. The summed E-state index contributed by atoms with van der Waals surface area (Å²) in [4.78, 5) is 24.0. The second-order valence-electron chi connectivity index (χ2n) is 9.99. The Morgan fingerprint density at radius 2 is 1.96 bits per heavy atom. The summed E-state index contributed by atoms with van der Waals surface area (Å²) in [5.74, 6) is 0.869. The Morgan fingerprint density at radius 3 is 2.61 bits per heavy atom. The molecule has 3 aliphatic carbocycles. The molecule has 0 amide bonds. The second kappa shape index (κ2) is 6.83. The quantitative estimate of drug-likeness (QED) is 0.729. The fourth-order valence-electron chi connectivity index (χ4n) is 7.17. The molecule has 0 aromatic rings. The van der Waals surface area contributed by atoms with Crippen LogP contribution in [0.25, 0.3) is 0 Å². The Bertz CT molecular complexity index is 737. The van der Waals surface area contributed by atoms with Gasteiger partial charge in [0.1, 0.15) is 5.60 Å². The molecular weight excluding hydrogens is 352 g/mol. The normalized spacial score (nSPS) is 45.3. The van der Waals surface area contributed by atoms with Crippen LogP contribution in [0.3, 0.4) is 0 Å². The molecule has 4 heteroatoms. The molecule has 0 unspecified atom stereocenters. The van der Waals surface area contributed by atoms with Crippen LogP contribution in [0.2, 0.25) is 0 Å². The highest BCUT2D eigenvalue weighted by molar-refractivity contribution is 5.92. The van der Waals surface area contributed by atoms with E-state index < -0.39 is 0 Å². The van der Waals surface area contributed by atoms with Crippen LogP contribution in [0.4, 0.5) is 0 Å². The summed E-state index contributed by atoms with van der Waals surface area (Å²) in [5, 5.41) is 10.5. The molecule has 0 bridgehead atoms. The molecule has 0 aromatic carbocycles. The van der Waals surface area contributed by atoms with Gasteiger partial charge in [-0.15, -0.1) is 0 Å². The third-order valence-corrected chi connectivity index (χ3v) is 8.84. The van der Waals surface area contributed by atoms with Crippen molar-refractivity contribution in [2.75, 3.05) is 6.61 Å². The monoisotopic (exact) mass is 386 g/mol. The van der Waals surface area contributed by atoms with Gasteiger partial charge in [0.15, 0.2) is 5.78 Å². The van der Waals surface area contributed by atoms with Gasteiger partial charge in [-0.3, -0.25) is 9.59 Å². The van der Waals surface area contributed by atoms with Gasteiger partial charge in [-0.2, -0.15) is 0 Å². The van der Waals surface area contributed by atoms with E-state index in [-0.39, 0.29) is 46.6 Å². The minimum Gasteiger partial charge on any atom is -0.458 e. The summed E-state index contributed by atoms with van der Waals surface area (Å²) < 4.78 is 6.03. The molecule has 1 saturated carbocycles. The Morgan fingerprint density at radius 1 is 1.18 bits per heavy atom. The van der Waals surface area contributed by atoms with Crippen LogP contribution < -0.4 is 0 Å². The highest BCUT2D eigenvalue weighted by Gasteiger charge is 2.64. The molecule has 6 atom stereocenters. The first-order valence-electron chi connectivity index (χ1n) is 11.1. The number of ether oxygens (including phenoxy) is 1. The van der Waals surface area contributed by atoms with Crippen LogP contribution in [-0.2, 0) is 14.3 Å². The number of esters is 1. The molecule has 1 heterocycles. The second-order valence-corrected chi connectivity index (χ2v) is 9.99. The zero-order valence-electron chi connectivity index (χ0n) is 17.5. The van der Waals surface area contributed by atoms with Crippen LogP contribution in [0, 0.1) is 28.6 Å². The van der Waals surface area contributed by atoms with Crippen molar-refractivity contribution in [2.24, 2.45) is 28.6 Å². The molecule has 0 aromatic heterocycles. The molecule has 4 nitrogen and oxygen atoms in total. The van der Waals surface area contributed by atoms with Crippen molar-refractivity contribution in [3.05, 3.63) is 23.8 Å². The van der Waals surface area contributed by atoms with Gasteiger partial charge in [-0.1, -0.05) is 39.3 Å². The van der Waals surface area contributed by atoms with Gasteiger partial charge in [0.25, 0.3) is 0 Å². The Hall–Kier alpha value is -1.42. The van der Waals surface area contributed by atoms with E-state index in [4.69, 9.17) is 4.74 Å². The lowest BCUT2D eigenvalue weighted by atomic mass is 9.53. The highest BCUT2D eigenvalue weighted by atomic mass is 16.6. The largest absolute Gasteiger partial charge is 0.458 e. The third-order valence-electron chi connectivity index (χ3n) is 8.84. The maximum absolute atomic E-state index is 12.1. The van der Waals surface area contributed by atoms with Crippen molar-refractivity contribution < 1.29 is 19.4 Å². The number of allylic oxidation sites excluding steroid dienone is 4. The molecule has 28 heavy (non-hydrogen) atoms. The van der Waals surface area contributed by atoms with E-state index in [0.717, 1.165) is 44.1 Å². The van der Waals surface area contributed by atoms with Crippen LogP contribution in [-0.4, -0.2) is 29.1 Å². The van der Waals surface area contributed by atoms with Gasteiger partial charge >= 0.3 is 5.97 Å². The molecule has 1 N–H and O–H groups in total. The number of rotatable bonds is 4. The van der Waals surface area contributed by atoms with E-state index in [0.29, 0.717) is 18.8 Å². The number of ketones is 1. The molecule has 4 rings (SSSR count). The van der Waals surface area contributed by atoms with Gasteiger partial charge in [0.2, 0.25) is 0 Å². The van der Waals surface area contributed by atoms with Crippen molar-refractivity contribution in [3.8, 4) is 0 Å². The summed E-state index contributed by atoms with van der Waals surface area (Å²) in [7, 11) is 0. The van der Waals surface area contributed by atoms with Crippen molar-refractivity contribution >= 4 is 11.8 Å². The van der Waals surface area contributed by atoms with Crippen molar-refractivity contribution in [3.63, 3.8) is 0 Å². The van der Waals surface area contributed by atoms with Crippen LogP contribution in [0.5, 0.6) is 0 Å². The lowest BCUT2D eigenvalue weighted by molar-refractivity contribution is -0.161. The molecule has 1 saturated heterocycles. The van der Waals surface area contributed by atoms with E-state index in [2.05, 4.69) is 32.9 Å². The zero-order chi connectivity index (χ0) is 20.2. The average molecular weight is 387 g/mol. The van der Waals surface area contributed by atoms with Gasteiger partial charge < -0.3 is 9.84 Å². The fourth-order valence-corrected chi connectivity index (χ4v) is 7.17. The van der Waals surface area contributed by atoms with Crippen LogP contribution >= 0.6 is 0 Å². The Labute approximate surface area is 168 Å². The van der Waals surface area contributed by atoms with Gasteiger partial charge in [-0.05, 0) is 66.9 Å². The van der Waals surface area contributed by atoms with Crippen LogP contribution in [0.1, 0.15) is 72.1 Å². The minimum atomic E-state index is -0.335. The summed E-state index contributed by atoms with van der Waals surface area (Å²) >= 11 is 0. The third kappa shape index (κ3) is 2.67. The van der Waals surface area contributed by atoms with E-state index in [1.165, 1.54) is 0 Å². The zero-order valence-corrected chi connectivity index (χ0v) is 17.5. The maximum Gasteiger partial charge on any atom is 0.306 e. The fraction of sp³-hybridized carbons (Fsp3) is 0.750. The first kappa shape index (κ1) is 19.9. The van der Waals surface area contributed by atoms with Crippen molar-refractivity contribution in [1.82, 2.24) is 0 Å². The number of carbonyl (C=O) groups excluding carboxylic acids is 2. The molecule has 1 aliphatic heterocycles. The smallest absolute Gasteiger partial charge is 0.306 e. The van der Waals surface area contributed by atoms with E-state index in [9.17, 15) is 14.7 Å². The SMILES string of the molecule is CCC[C@@]1(C)[C@H]([C@@H]2C=CC3=CC(=O)CC[C@]3(C)[C@H]2CO)CC[C@@]12CCC(=O)O2. The molecule has 154 valence electrons. The first-order chi connectivity index (χ1) is 13.3. The van der Waals surface area contributed by atoms with Gasteiger partial charge in [-0.25, -0.2) is 0 Å². The number of carbonyl (C=O) groups is 2. The Kier molecular flexibility index (Phi) is 4.85. The molecule has 2 fully saturated rings. The summed E-state index contributed by atoms with van der Waals surface area (Å²) in [6, 6.07) is 0. The molecule has 0 radical (unpaired) electrons. The van der Waals surface area contributed by atoms with Crippen molar-refractivity contribution in [2.45, 2.75) is 77.7 Å². The predicted molar refractivity (Wildman–Crippen MR) is 107 cm³/mol. The molecular formula is C24H34O4. The van der Waals surface area contributed by atoms with E-state index in [1.807, 2.05) is 0 Å². The van der Waals surface area contributed by atoms with E-state index >= 15 is 0 Å². The standard InChI is InChI=1S/C24H34O4/c1-4-10-23(3)19(8-12-24(23)13-9-21(27)28-24)18-6-5-16-14-17(26)7-11-22(16,2)20(18)15-25/h5-6,14,18-20,25H,4,7-13,15H2,1-3H3/t18-,19-,20-,22-,23-,24+/m0/s1. The summed E-state index contributed by atoms with van der Waals surface area (Å²) in [5.41, 5.74) is 0.518. The Balaban J connectivity index is 1.73. The number of hydrogen-bond acceptors (Lipinski definition) is 4. The van der Waals surface area contributed by atoms with Gasteiger partial charge in [0, 0.05) is 24.9 Å². The number of hydrogen-bond donors (Lipinski definition) is 1. The number of fused-ring (bicyclic) bond motifs is 1. The number of aliphatic hydroxyl groups excluding tert-OH is 1. The van der Waals surface area contributed by atoms with Gasteiger partial charge in [0.05, 0.1) is 0 Å². The first-order valence-corrected chi connectivity index (χ1v) is 11.1. The number of aliphatic hydroxyl groups is 1. The lowest BCUT2D eigenvalue weighted by Crippen LogP contribution is -2.50. The maximum atomic E-state index is 12.1. The lowest BCUT2D eigenvalue weighted by Gasteiger charge is -2.52. The summed E-state index contributed by atoms with van der Waals surface area (Å²) in [6.45, 7) is 6.88. The van der Waals surface area contributed by atoms with Crippen molar-refractivity contribution in [1.29, 1.82) is 0 Å². The van der Waals surface area contributed by atoms with E-state index in [1.54, 1.807) is 6.08 Å². The highest BCUT2D eigenvalue weighted by Crippen LogP contribution is 2.64. The summed E-state index contributed by atoms with van der Waals surface area (Å²) in [6.07, 6.45) is 13.0. The minimum absolute atomic E-state index is 0.0520. The topological polar surface area (TPSA) is 63.6 Å². The predicted octanol–water partition coefficient (Wildman–Crippen LogP) is 4.37. The molecule has 1 spiro atoms. The van der Waals surface area contributed by atoms with Crippen LogP contribution in [0.15, 0.2) is 23.8 Å². The molecule has 4 aliphatic rings.